The molecule has 0 radical (unpaired) electrons. The van der Waals surface area contributed by atoms with Gasteiger partial charge in [0.15, 0.2) is 0 Å². The number of aliphatic hydroxyl groups is 1. The molecule has 50 heavy (non-hydrogen) atoms. The zero-order valence-corrected chi connectivity index (χ0v) is 30.1. The molecule has 0 bridgehead atoms. The molecule has 0 saturated carbocycles. The third kappa shape index (κ3) is 11.1. The smallest absolute Gasteiger partial charge is 0.870 e. The summed E-state index contributed by atoms with van der Waals surface area (Å²) in [6, 6.07) is 13.3. The molecule has 2 heterocycles. The fourth-order valence-corrected chi connectivity index (χ4v) is 5.20. The average Bonchev–Trinajstić information content (AvgIpc) is 3.09. The van der Waals surface area contributed by atoms with Gasteiger partial charge in [0.2, 0.25) is 11.6 Å². The summed E-state index contributed by atoms with van der Waals surface area (Å²) >= 11 is 0. The number of ketones is 2. The molecule has 2 aromatic rings. The number of fused-ring (bicyclic) bond motifs is 2. The number of aliphatic hydroxyl groups excluding tert-OH is 1. The SMILES string of the molecule is C.CCC(C)(C)C(=O)C(=O)N1Cc2ccccc2CC1C(=O)O.CCC(C)(C)C(=O)C(=O)N1Cc2ccccc2CC1C(=O)OC.CO.[Li+].[OH-]. The molecule has 2 aliphatic heterocycles. The summed E-state index contributed by atoms with van der Waals surface area (Å²) in [6.45, 7) is 11.0. The van der Waals surface area contributed by atoms with Crippen LogP contribution >= 0.6 is 0 Å². The summed E-state index contributed by atoms with van der Waals surface area (Å²) < 4.78 is 4.83. The van der Waals surface area contributed by atoms with Crippen LogP contribution in [0.5, 0.6) is 0 Å². The van der Waals surface area contributed by atoms with Crippen molar-refractivity contribution in [2.45, 2.75) is 99.8 Å². The molecule has 0 aliphatic carbocycles. The maximum atomic E-state index is 12.7. The second-order valence-electron chi connectivity index (χ2n) is 12.8. The van der Waals surface area contributed by atoms with Crippen molar-refractivity contribution in [3.8, 4) is 0 Å². The van der Waals surface area contributed by atoms with E-state index in [1.807, 2.05) is 62.4 Å². The van der Waals surface area contributed by atoms with Crippen LogP contribution in [0.1, 0.15) is 84.1 Å². The van der Waals surface area contributed by atoms with E-state index in [9.17, 15) is 33.9 Å². The minimum Gasteiger partial charge on any atom is -0.870 e. The molecule has 2 aromatic carbocycles. The number of benzene rings is 2. The zero-order chi connectivity index (χ0) is 35.7. The first-order chi connectivity index (χ1) is 22.1. The van der Waals surface area contributed by atoms with Gasteiger partial charge in [-0.3, -0.25) is 19.2 Å². The first kappa shape index (κ1) is 48.3. The molecule has 0 spiro atoms. The summed E-state index contributed by atoms with van der Waals surface area (Å²) in [5, 5.41) is 16.4. The molecule has 0 saturated heterocycles. The fourth-order valence-electron chi connectivity index (χ4n) is 5.20. The van der Waals surface area contributed by atoms with Crippen LogP contribution in [0, 0.1) is 10.8 Å². The van der Waals surface area contributed by atoms with Gasteiger partial charge in [-0.2, -0.15) is 0 Å². The number of amides is 2. The zero-order valence-electron chi connectivity index (χ0n) is 30.1. The third-order valence-electron chi connectivity index (χ3n) is 9.16. The van der Waals surface area contributed by atoms with Gasteiger partial charge in [0, 0.05) is 43.9 Å². The second kappa shape index (κ2) is 20.8. The van der Waals surface area contributed by atoms with Gasteiger partial charge >= 0.3 is 30.8 Å². The van der Waals surface area contributed by atoms with Crippen molar-refractivity contribution in [1.29, 1.82) is 0 Å². The molecule has 272 valence electrons. The van der Waals surface area contributed by atoms with Crippen molar-refractivity contribution in [1.82, 2.24) is 9.80 Å². The fraction of sp³-hybridized carbons (Fsp3) is 0.514. The Balaban J connectivity index is 0. The van der Waals surface area contributed by atoms with Crippen LogP contribution in [0.15, 0.2) is 48.5 Å². The van der Waals surface area contributed by atoms with E-state index in [-0.39, 0.29) is 51.3 Å². The van der Waals surface area contributed by atoms with E-state index in [1.54, 1.807) is 27.7 Å². The largest absolute Gasteiger partial charge is 1.00 e. The number of ether oxygens (including phenoxy) is 1. The number of esters is 1. The Bertz CT molecular complexity index is 1490. The van der Waals surface area contributed by atoms with E-state index in [1.165, 1.54) is 16.9 Å². The van der Waals surface area contributed by atoms with Crippen LogP contribution in [-0.2, 0) is 59.4 Å². The van der Waals surface area contributed by atoms with E-state index in [0.717, 1.165) is 29.4 Å². The monoisotopic (exact) mass is 692 g/mol. The Labute approximate surface area is 308 Å². The van der Waals surface area contributed by atoms with Crippen LogP contribution in [0.4, 0.5) is 0 Å². The molecule has 2 aliphatic rings. The first-order valence-corrected chi connectivity index (χ1v) is 15.7. The van der Waals surface area contributed by atoms with Crippen molar-refractivity contribution in [3.05, 3.63) is 70.8 Å². The minimum absolute atomic E-state index is 0. The van der Waals surface area contributed by atoms with Gasteiger partial charge < -0.3 is 30.2 Å². The van der Waals surface area contributed by atoms with Crippen LogP contribution in [0.3, 0.4) is 0 Å². The number of carboxylic acids is 1. The summed E-state index contributed by atoms with van der Waals surface area (Å²) in [5.74, 6) is -3.87. The standard InChI is InChI=1S/C18H23NO4.C17H21NO4.CH4O.CH4.Li.H2O/c1-5-18(2,3)15(20)16(21)19-11-13-9-7-6-8-12(13)10-14(19)17(22)23-4;1-4-17(2,3)14(19)15(20)18-10-12-8-6-5-7-11(12)9-13(18)16(21)22;1-2;;;/h6-9,14H,5,10-11H2,1-4H3;5-8,13H,4,9-10H2,1-3H3,(H,21,22);2H,1H3;1H4;;1H2/q;;;;+1;/p-1. The van der Waals surface area contributed by atoms with E-state index in [0.29, 0.717) is 19.3 Å². The van der Waals surface area contributed by atoms with Crippen molar-refractivity contribution >= 4 is 35.3 Å². The quantitative estimate of drug-likeness (QED) is 0.231. The molecule has 4 rings (SSSR count). The number of aliphatic carboxylic acids is 1. The molecule has 12 nitrogen and oxygen atoms in total. The molecule has 2 unspecified atom stereocenters. The number of carbonyl (C=O) groups is 6. The molecular formula is C37H53LiN2O10. The van der Waals surface area contributed by atoms with E-state index < -0.39 is 58.2 Å². The van der Waals surface area contributed by atoms with E-state index >= 15 is 0 Å². The molecular weight excluding hydrogens is 639 g/mol. The Morgan fingerprint density at radius 3 is 1.34 bits per heavy atom. The Hall–Kier alpha value is -3.82. The van der Waals surface area contributed by atoms with E-state index in [4.69, 9.17) is 9.84 Å². The van der Waals surface area contributed by atoms with Crippen molar-refractivity contribution in [2.24, 2.45) is 10.8 Å². The number of carbonyl (C=O) groups excluding carboxylic acids is 5. The van der Waals surface area contributed by atoms with Crippen molar-refractivity contribution in [3.63, 3.8) is 0 Å². The number of methoxy groups -OCH3 is 1. The number of hydrogen-bond donors (Lipinski definition) is 2. The van der Waals surface area contributed by atoms with Crippen molar-refractivity contribution < 1.29 is 68.1 Å². The number of Topliss-reactive ketones (excluding diaryl/α,β-unsaturated/α-hetero) is 2. The number of rotatable bonds is 8. The molecule has 0 fully saturated rings. The van der Waals surface area contributed by atoms with Gasteiger partial charge in [0.05, 0.1) is 7.11 Å². The predicted octanol–water partition coefficient (Wildman–Crippen LogP) is 1.22. The predicted molar refractivity (Wildman–Crippen MR) is 184 cm³/mol. The summed E-state index contributed by atoms with van der Waals surface area (Å²) in [5.41, 5.74) is 2.26. The van der Waals surface area contributed by atoms with Crippen LogP contribution in [-0.4, -0.2) is 87.1 Å². The average molecular weight is 693 g/mol. The van der Waals surface area contributed by atoms with Gasteiger partial charge in [-0.25, -0.2) is 9.59 Å². The minimum atomic E-state index is -1.08. The Morgan fingerprint density at radius 2 is 1.02 bits per heavy atom. The first-order valence-electron chi connectivity index (χ1n) is 15.7. The normalized spacial score (nSPS) is 15.9. The Morgan fingerprint density at radius 1 is 0.700 bits per heavy atom. The molecule has 0 aromatic heterocycles. The maximum Gasteiger partial charge on any atom is 1.00 e. The Kier molecular flexibility index (Phi) is 20.0. The topological polar surface area (TPSA) is 189 Å². The molecule has 2 amide bonds. The van der Waals surface area contributed by atoms with Gasteiger partial charge in [0.25, 0.3) is 11.8 Å². The van der Waals surface area contributed by atoms with Crippen molar-refractivity contribution in [2.75, 3.05) is 14.2 Å². The third-order valence-corrected chi connectivity index (χ3v) is 9.16. The second-order valence-corrected chi connectivity index (χ2v) is 12.8. The van der Waals surface area contributed by atoms with Gasteiger partial charge in [-0.1, -0.05) is 97.5 Å². The maximum absolute atomic E-state index is 12.7. The van der Waals surface area contributed by atoms with E-state index in [2.05, 4.69) is 0 Å². The molecule has 13 heteroatoms. The van der Waals surface area contributed by atoms with Crippen LogP contribution in [0.2, 0.25) is 0 Å². The molecule has 3 N–H and O–H groups in total. The number of nitrogens with zero attached hydrogens (tertiary/aromatic N) is 2. The van der Waals surface area contributed by atoms with Crippen LogP contribution < -0.4 is 18.9 Å². The summed E-state index contributed by atoms with van der Waals surface area (Å²) in [4.78, 5) is 76.3. The molecule has 2 atom stereocenters. The van der Waals surface area contributed by atoms with Gasteiger partial charge in [0.1, 0.15) is 12.1 Å². The number of carboxylic acid groups (broad SMARTS) is 1. The van der Waals surface area contributed by atoms with Gasteiger partial charge in [-0.05, 0) is 35.1 Å². The number of hydrogen-bond acceptors (Lipinski definition) is 9. The van der Waals surface area contributed by atoms with Crippen LogP contribution in [0.25, 0.3) is 0 Å². The van der Waals surface area contributed by atoms with Gasteiger partial charge in [-0.15, -0.1) is 0 Å². The summed E-state index contributed by atoms with van der Waals surface area (Å²) in [6.07, 6.45) is 1.69. The summed E-state index contributed by atoms with van der Waals surface area (Å²) in [7, 11) is 2.29.